The summed E-state index contributed by atoms with van der Waals surface area (Å²) in [5, 5.41) is 8.69. The highest BCUT2D eigenvalue weighted by Gasteiger charge is 2.32. The van der Waals surface area contributed by atoms with Gasteiger partial charge in [0.05, 0.1) is 16.4 Å². The molecule has 2 aliphatic rings. The molecule has 0 saturated heterocycles. The standard InChI is InChI=1S/C28H35BrClN3O/c1-5-19(6-2)9-7-18(4)16-31-28(34)26-23-15-20-14-21(29)10-11-22(20)27(23)33(32-26)25-12-8-17(3)13-24(25)30/h10-14,17-19H,5-9,15-16H2,1-4H3,(H,31,34). The minimum absolute atomic E-state index is 0.0962. The summed E-state index contributed by atoms with van der Waals surface area (Å²) in [5.74, 6) is 1.51. The lowest BCUT2D eigenvalue weighted by Gasteiger charge is -2.17. The van der Waals surface area contributed by atoms with Gasteiger partial charge in [0.25, 0.3) is 5.91 Å². The molecule has 2 atom stereocenters. The quantitative estimate of drug-likeness (QED) is 0.299. The number of hydrogen-bond donors (Lipinski definition) is 1. The molecule has 1 aromatic carbocycles. The van der Waals surface area contributed by atoms with E-state index in [2.05, 4.69) is 73.2 Å². The first-order valence-corrected chi connectivity index (χ1v) is 13.8. The van der Waals surface area contributed by atoms with Gasteiger partial charge in [0.15, 0.2) is 5.69 Å². The molecular formula is C28H35BrClN3O. The van der Waals surface area contributed by atoms with E-state index < -0.39 is 0 Å². The lowest BCUT2D eigenvalue weighted by molar-refractivity contribution is 0.0940. The Balaban J connectivity index is 1.59. The average molecular weight is 545 g/mol. The molecule has 0 fully saturated rings. The monoisotopic (exact) mass is 543 g/mol. The molecule has 0 bridgehead atoms. The van der Waals surface area contributed by atoms with E-state index in [-0.39, 0.29) is 5.91 Å². The van der Waals surface area contributed by atoms with Crippen molar-refractivity contribution in [3.8, 4) is 11.3 Å². The number of rotatable bonds is 9. The van der Waals surface area contributed by atoms with Gasteiger partial charge in [-0.25, -0.2) is 4.68 Å². The maximum Gasteiger partial charge on any atom is 0.272 e. The van der Waals surface area contributed by atoms with Gasteiger partial charge in [0.2, 0.25) is 0 Å². The van der Waals surface area contributed by atoms with Crippen LogP contribution in [-0.2, 0) is 6.42 Å². The van der Waals surface area contributed by atoms with E-state index in [9.17, 15) is 4.79 Å². The Morgan fingerprint density at radius 3 is 2.76 bits per heavy atom. The van der Waals surface area contributed by atoms with Crippen LogP contribution in [0.3, 0.4) is 0 Å². The molecule has 4 nitrogen and oxygen atoms in total. The second kappa shape index (κ2) is 10.8. The van der Waals surface area contributed by atoms with Crippen LogP contribution < -0.4 is 5.32 Å². The van der Waals surface area contributed by atoms with Crippen molar-refractivity contribution in [1.82, 2.24) is 15.1 Å². The molecular weight excluding hydrogens is 510 g/mol. The van der Waals surface area contributed by atoms with Gasteiger partial charge < -0.3 is 5.32 Å². The Labute approximate surface area is 217 Å². The van der Waals surface area contributed by atoms with Crippen LogP contribution in [0.4, 0.5) is 0 Å². The van der Waals surface area contributed by atoms with Gasteiger partial charge in [-0.1, -0.05) is 92.7 Å². The normalized spacial score (nSPS) is 17.8. The lowest BCUT2D eigenvalue weighted by Crippen LogP contribution is -2.29. The predicted octanol–water partition coefficient (Wildman–Crippen LogP) is 7.80. The van der Waals surface area contributed by atoms with Gasteiger partial charge in [-0.3, -0.25) is 4.79 Å². The van der Waals surface area contributed by atoms with Crippen LogP contribution in [0.5, 0.6) is 0 Å². The number of nitrogens with one attached hydrogen (secondary N) is 1. The van der Waals surface area contributed by atoms with Crippen molar-refractivity contribution in [3.05, 3.63) is 56.7 Å². The summed E-state index contributed by atoms with van der Waals surface area (Å²) < 4.78 is 2.93. The third-order valence-corrected chi connectivity index (χ3v) is 8.12. The molecule has 4 rings (SSSR count). The highest BCUT2D eigenvalue weighted by atomic mass is 79.9. The number of benzene rings is 1. The maximum atomic E-state index is 13.3. The van der Waals surface area contributed by atoms with E-state index in [1.54, 1.807) is 0 Å². The Bertz CT molecular complexity index is 1130. The number of nitrogens with zero attached hydrogens (tertiary/aromatic N) is 2. The summed E-state index contributed by atoms with van der Waals surface area (Å²) in [6, 6.07) is 6.28. The molecule has 0 radical (unpaired) electrons. The fourth-order valence-electron chi connectivity index (χ4n) is 5.04. The average Bonchev–Trinajstić information content (AvgIpc) is 3.35. The zero-order chi connectivity index (χ0) is 24.4. The molecule has 1 N–H and O–H groups in total. The molecule has 2 aromatic rings. The Kier molecular flexibility index (Phi) is 8.04. The largest absolute Gasteiger partial charge is 0.350 e. The van der Waals surface area contributed by atoms with Crippen LogP contribution >= 0.6 is 27.5 Å². The Morgan fingerprint density at radius 1 is 1.29 bits per heavy atom. The van der Waals surface area contributed by atoms with Gasteiger partial charge in [-0.15, -0.1) is 0 Å². The Hall–Kier alpha value is -1.85. The van der Waals surface area contributed by atoms with Crippen LogP contribution in [-0.4, -0.2) is 22.2 Å². The summed E-state index contributed by atoms with van der Waals surface area (Å²) in [5.41, 5.74) is 5.67. The van der Waals surface area contributed by atoms with Crippen LogP contribution in [0, 0.1) is 17.8 Å². The number of halogens is 2. The first-order chi connectivity index (χ1) is 16.3. The summed E-state index contributed by atoms with van der Waals surface area (Å²) in [4.78, 5) is 13.3. The van der Waals surface area contributed by atoms with Gasteiger partial charge in [0.1, 0.15) is 0 Å². The molecule has 6 heteroatoms. The topological polar surface area (TPSA) is 46.9 Å². The summed E-state index contributed by atoms with van der Waals surface area (Å²) >= 11 is 10.3. The molecule has 1 heterocycles. The van der Waals surface area contributed by atoms with Gasteiger partial charge >= 0.3 is 0 Å². The predicted molar refractivity (Wildman–Crippen MR) is 145 cm³/mol. The van der Waals surface area contributed by atoms with E-state index in [4.69, 9.17) is 16.7 Å². The van der Waals surface area contributed by atoms with Crippen LogP contribution in [0.15, 0.2) is 39.9 Å². The van der Waals surface area contributed by atoms with Crippen LogP contribution in [0.2, 0.25) is 0 Å². The second-order valence-corrected chi connectivity index (χ2v) is 11.3. The summed E-state index contributed by atoms with van der Waals surface area (Å²) in [6.45, 7) is 9.56. The second-order valence-electron chi connectivity index (χ2n) is 9.96. The highest BCUT2D eigenvalue weighted by molar-refractivity contribution is 9.10. The van der Waals surface area contributed by atoms with Crippen molar-refractivity contribution >= 4 is 39.1 Å². The minimum Gasteiger partial charge on any atom is -0.350 e. The number of hydrogen-bond acceptors (Lipinski definition) is 2. The minimum atomic E-state index is -0.0962. The van der Waals surface area contributed by atoms with E-state index in [1.807, 2.05) is 10.7 Å². The third-order valence-electron chi connectivity index (χ3n) is 7.31. The zero-order valence-electron chi connectivity index (χ0n) is 20.6. The number of carbonyl (C=O) groups is 1. The molecule has 34 heavy (non-hydrogen) atoms. The first kappa shape index (κ1) is 25.2. The number of allylic oxidation sites excluding steroid dienone is 4. The van der Waals surface area contributed by atoms with E-state index in [0.29, 0.717) is 35.5 Å². The number of amides is 1. The first-order valence-electron chi connectivity index (χ1n) is 12.6. The summed E-state index contributed by atoms with van der Waals surface area (Å²) in [6.07, 6.45) is 10.6. The van der Waals surface area contributed by atoms with Crippen molar-refractivity contribution < 1.29 is 4.79 Å². The van der Waals surface area contributed by atoms with Crippen molar-refractivity contribution in [2.45, 2.75) is 66.2 Å². The summed E-state index contributed by atoms with van der Waals surface area (Å²) in [7, 11) is 0. The van der Waals surface area contributed by atoms with Crippen molar-refractivity contribution in [2.75, 3.05) is 6.54 Å². The van der Waals surface area contributed by atoms with Gasteiger partial charge in [-0.05, 0) is 48.3 Å². The molecule has 0 aliphatic heterocycles. The molecule has 0 saturated carbocycles. The molecule has 0 spiro atoms. The highest BCUT2D eigenvalue weighted by Crippen LogP contribution is 2.43. The smallest absolute Gasteiger partial charge is 0.272 e. The third kappa shape index (κ3) is 5.21. The van der Waals surface area contributed by atoms with E-state index >= 15 is 0 Å². The lowest BCUT2D eigenvalue weighted by atomic mass is 9.93. The molecule has 2 unspecified atom stereocenters. The van der Waals surface area contributed by atoms with Crippen LogP contribution in [0.1, 0.15) is 81.4 Å². The number of fused-ring (bicyclic) bond motifs is 3. The number of carbonyl (C=O) groups excluding carboxylic acids is 1. The van der Waals surface area contributed by atoms with E-state index in [0.717, 1.165) is 45.8 Å². The molecule has 1 aromatic heterocycles. The Morgan fingerprint density at radius 2 is 2.06 bits per heavy atom. The maximum absolute atomic E-state index is 13.3. The molecule has 182 valence electrons. The van der Waals surface area contributed by atoms with Crippen molar-refractivity contribution in [2.24, 2.45) is 17.8 Å². The molecule has 1 amide bonds. The SMILES string of the molecule is CCC(CC)CCC(C)CNC(=O)c1nn(C2=CCC(C)C=C2Cl)c2c1Cc1cc(Br)ccc1-2. The zero-order valence-corrected chi connectivity index (χ0v) is 23.0. The van der Waals surface area contributed by atoms with Crippen molar-refractivity contribution in [3.63, 3.8) is 0 Å². The van der Waals surface area contributed by atoms with Gasteiger partial charge in [0, 0.05) is 28.6 Å². The van der Waals surface area contributed by atoms with Crippen LogP contribution in [0.25, 0.3) is 17.0 Å². The molecule has 2 aliphatic carbocycles. The van der Waals surface area contributed by atoms with Crippen molar-refractivity contribution in [1.29, 1.82) is 0 Å². The van der Waals surface area contributed by atoms with Gasteiger partial charge in [-0.2, -0.15) is 5.10 Å². The number of aromatic nitrogens is 2. The van der Waals surface area contributed by atoms with E-state index in [1.165, 1.54) is 24.8 Å². The fraction of sp³-hybridized carbons (Fsp3) is 0.500. The fourth-order valence-corrected chi connectivity index (χ4v) is 5.82.